The fourth-order valence-electron chi connectivity index (χ4n) is 1.76. The van der Waals surface area contributed by atoms with Crippen LogP contribution in [-0.4, -0.2) is 23.8 Å². The molecule has 0 fully saturated rings. The lowest BCUT2D eigenvalue weighted by Gasteiger charge is -2.15. The minimum atomic E-state index is -0.280. The van der Waals surface area contributed by atoms with Crippen molar-refractivity contribution < 1.29 is 9.90 Å². The van der Waals surface area contributed by atoms with Crippen LogP contribution in [0.4, 0.5) is 10.5 Å². The zero-order chi connectivity index (χ0) is 14.3. The SMILES string of the molecule is CCC(C)c1ccc(NC(=O)N[C@@H](CC)CO)cc1. The summed E-state index contributed by atoms with van der Waals surface area (Å²) < 4.78 is 0. The molecule has 0 aliphatic rings. The van der Waals surface area contributed by atoms with Gasteiger partial charge in [0.2, 0.25) is 0 Å². The van der Waals surface area contributed by atoms with Gasteiger partial charge < -0.3 is 15.7 Å². The first-order valence-corrected chi connectivity index (χ1v) is 6.89. The predicted octanol–water partition coefficient (Wildman–Crippen LogP) is 3.09. The zero-order valence-electron chi connectivity index (χ0n) is 11.9. The molecule has 0 bridgehead atoms. The number of nitrogens with one attached hydrogen (secondary N) is 2. The third kappa shape index (κ3) is 4.91. The van der Waals surface area contributed by atoms with Gasteiger partial charge in [0, 0.05) is 5.69 Å². The van der Waals surface area contributed by atoms with Crippen LogP contribution >= 0.6 is 0 Å². The molecule has 0 heterocycles. The molecular weight excluding hydrogens is 240 g/mol. The summed E-state index contributed by atoms with van der Waals surface area (Å²) in [5, 5.41) is 14.5. The number of urea groups is 1. The number of carbonyl (C=O) groups excluding carboxylic acids is 1. The maximum Gasteiger partial charge on any atom is 0.319 e. The van der Waals surface area contributed by atoms with Gasteiger partial charge in [0.05, 0.1) is 12.6 Å². The molecule has 1 unspecified atom stereocenters. The molecule has 0 saturated carbocycles. The Balaban J connectivity index is 2.55. The second-order valence-corrected chi connectivity index (χ2v) is 4.82. The van der Waals surface area contributed by atoms with E-state index < -0.39 is 0 Å². The standard InChI is InChI=1S/C15H24N2O2/c1-4-11(3)12-6-8-14(9-7-12)17-15(19)16-13(5-2)10-18/h6-9,11,13,18H,4-5,10H2,1-3H3,(H2,16,17,19)/t11?,13-/m0/s1. The first-order chi connectivity index (χ1) is 9.10. The van der Waals surface area contributed by atoms with Crippen LogP contribution in [0.2, 0.25) is 0 Å². The molecule has 0 aliphatic carbocycles. The van der Waals surface area contributed by atoms with Crippen LogP contribution in [0.1, 0.15) is 45.1 Å². The van der Waals surface area contributed by atoms with E-state index >= 15 is 0 Å². The van der Waals surface area contributed by atoms with E-state index in [0.717, 1.165) is 12.1 Å². The maximum absolute atomic E-state index is 11.7. The van der Waals surface area contributed by atoms with Gasteiger partial charge in [-0.3, -0.25) is 0 Å². The summed E-state index contributed by atoms with van der Waals surface area (Å²) in [5.74, 6) is 0.529. The normalized spacial score (nSPS) is 13.7. The zero-order valence-corrected chi connectivity index (χ0v) is 11.9. The van der Waals surface area contributed by atoms with Crippen molar-refractivity contribution in [3.05, 3.63) is 29.8 Å². The number of anilines is 1. The second-order valence-electron chi connectivity index (χ2n) is 4.82. The van der Waals surface area contributed by atoms with E-state index in [0.29, 0.717) is 12.3 Å². The summed E-state index contributed by atoms with van der Waals surface area (Å²) >= 11 is 0. The van der Waals surface area contributed by atoms with Crippen LogP contribution in [0, 0.1) is 0 Å². The minimum Gasteiger partial charge on any atom is -0.394 e. The Morgan fingerprint density at radius 2 is 1.84 bits per heavy atom. The smallest absolute Gasteiger partial charge is 0.319 e. The molecule has 0 spiro atoms. The van der Waals surface area contributed by atoms with Gasteiger partial charge in [-0.05, 0) is 36.5 Å². The molecular formula is C15H24N2O2. The number of carbonyl (C=O) groups is 1. The van der Waals surface area contributed by atoms with Crippen LogP contribution < -0.4 is 10.6 Å². The third-order valence-electron chi connectivity index (χ3n) is 3.40. The summed E-state index contributed by atoms with van der Waals surface area (Å²) in [4.78, 5) is 11.7. The van der Waals surface area contributed by atoms with Crippen molar-refractivity contribution in [2.24, 2.45) is 0 Å². The number of hydrogen-bond acceptors (Lipinski definition) is 2. The lowest BCUT2D eigenvalue weighted by Crippen LogP contribution is -2.39. The predicted molar refractivity (Wildman–Crippen MR) is 78.5 cm³/mol. The number of amides is 2. The number of benzene rings is 1. The third-order valence-corrected chi connectivity index (χ3v) is 3.40. The topological polar surface area (TPSA) is 61.4 Å². The monoisotopic (exact) mass is 264 g/mol. The summed E-state index contributed by atoms with van der Waals surface area (Å²) in [6, 6.07) is 7.40. The van der Waals surface area contributed by atoms with Gasteiger partial charge in [-0.15, -0.1) is 0 Å². The van der Waals surface area contributed by atoms with E-state index in [1.54, 1.807) is 0 Å². The summed E-state index contributed by atoms with van der Waals surface area (Å²) in [7, 11) is 0. The Morgan fingerprint density at radius 1 is 1.21 bits per heavy atom. The average Bonchev–Trinajstić information content (AvgIpc) is 2.44. The Morgan fingerprint density at radius 3 is 2.32 bits per heavy atom. The van der Waals surface area contributed by atoms with Gasteiger partial charge in [0.15, 0.2) is 0 Å². The molecule has 1 rings (SSSR count). The van der Waals surface area contributed by atoms with Crippen molar-refractivity contribution in [3.8, 4) is 0 Å². The van der Waals surface area contributed by atoms with Gasteiger partial charge in [-0.25, -0.2) is 4.79 Å². The van der Waals surface area contributed by atoms with Gasteiger partial charge in [-0.2, -0.15) is 0 Å². The fourth-order valence-corrected chi connectivity index (χ4v) is 1.76. The number of aliphatic hydroxyl groups is 1. The molecule has 1 aromatic carbocycles. The highest BCUT2D eigenvalue weighted by atomic mass is 16.3. The Labute approximate surface area is 115 Å². The maximum atomic E-state index is 11.7. The minimum absolute atomic E-state index is 0.0448. The Kier molecular flexibility index (Phi) is 6.36. The highest BCUT2D eigenvalue weighted by molar-refractivity contribution is 5.89. The van der Waals surface area contributed by atoms with E-state index in [1.165, 1.54) is 5.56 Å². The van der Waals surface area contributed by atoms with Gasteiger partial charge in [0.25, 0.3) is 0 Å². The molecule has 3 N–H and O–H groups in total. The first-order valence-electron chi connectivity index (χ1n) is 6.89. The molecule has 4 nitrogen and oxygen atoms in total. The second kappa shape index (κ2) is 7.79. The highest BCUT2D eigenvalue weighted by Gasteiger charge is 2.09. The van der Waals surface area contributed by atoms with E-state index in [2.05, 4.69) is 24.5 Å². The van der Waals surface area contributed by atoms with E-state index in [9.17, 15) is 4.79 Å². The summed E-state index contributed by atoms with van der Waals surface area (Å²) in [5.41, 5.74) is 2.03. The van der Waals surface area contributed by atoms with Gasteiger partial charge >= 0.3 is 6.03 Å². The van der Waals surface area contributed by atoms with Crippen molar-refractivity contribution in [2.45, 2.75) is 45.6 Å². The number of rotatable bonds is 6. The van der Waals surface area contributed by atoms with Crippen molar-refractivity contribution in [3.63, 3.8) is 0 Å². The molecule has 19 heavy (non-hydrogen) atoms. The first kappa shape index (κ1) is 15.5. The molecule has 4 heteroatoms. The van der Waals surface area contributed by atoms with E-state index in [1.807, 2.05) is 31.2 Å². The highest BCUT2D eigenvalue weighted by Crippen LogP contribution is 2.20. The van der Waals surface area contributed by atoms with Crippen LogP contribution in [0.5, 0.6) is 0 Å². The molecule has 0 aliphatic heterocycles. The lowest BCUT2D eigenvalue weighted by molar-refractivity contribution is 0.222. The lowest BCUT2D eigenvalue weighted by atomic mass is 9.99. The average molecular weight is 264 g/mol. The number of aliphatic hydroxyl groups excluding tert-OH is 1. The largest absolute Gasteiger partial charge is 0.394 e. The molecule has 0 radical (unpaired) electrons. The Hall–Kier alpha value is -1.55. The van der Waals surface area contributed by atoms with Crippen molar-refractivity contribution in [1.29, 1.82) is 0 Å². The quantitative estimate of drug-likeness (QED) is 0.739. The van der Waals surface area contributed by atoms with Crippen LogP contribution in [0.3, 0.4) is 0 Å². The molecule has 0 aromatic heterocycles. The van der Waals surface area contributed by atoms with Crippen molar-refractivity contribution >= 4 is 11.7 Å². The van der Waals surface area contributed by atoms with E-state index in [4.69, 9.17) is 5.11 Å². The van der Waals surface area contributed by atoms with E-state index in [-0.39, 0.29) is 18.7 Å². The van der Waals surface area contributed by atoms with Crippen LogP contribution in [0.15, 0.2) is 24.3 Å². The fraction of sp³-hybridized carbons (Fsp3) is 0.533. The summed E-state index contributed by atoms with van der Waals surface area (Å²) in [6.07, 6.45) is 1.80. The van der Waals surface area contributed by atoms with Crippen LogP contribution in [0.25, 0.3) is 0 Å². The van der Waals surface area contributed by atoms with Gasteiger partial charge in [-0.1, -0.05) is 32.9 Å². The molecule has 2 amide bonds. The summed E-state index contributed by atoms with van der Waals surface area (Å²) in [6.45, 7) is 6.21. The molecule has 0 saturated heterocycles. The van der Waals surface area contributed by atoms with Crippen molar-refractivity contribution in [1.82, 2.24) is 5.32 Å². The Bertz CT molecular complexity index is 386. The van der Waals surface area contributed by atoms with Crippen molar-refractivity contribution in [2.75, 3.05) is 11.9 Å². The van der Waals surface area contributed by atoms with Crippen LogP contribution in [-0.2, 0) is 0 Å². The molecule has 106 valence electrons. The molecule has 1 aromatic rings. The van der Waals surface area contributed by atoms with Gasteiger partial charge in [0.1, 0.15) is 0 Å². The number of hydrogen-bond donors (Lipinski definition) is 3. The molecule has 2 atom stereocenters.